The highest BCUT2D eigenvalue weighted by Crippen LogP contribution is 2.55. The van der Waals surface area contributed by atoms with Crippen LogP contribution in [-0.4, -0.2) is 47.1 Å². The molecule has 1 aliphatic carbocycles. The van der Waals surface area contributed by atoms with E-state index < -0.39 is 64.6 Å². The summed E-state index contributed by atoms with van der Waals surface area (Å²) < 4.78 is 80.9. The number of carbonyl (C=O) groups is 2. The van der Waals surface area contributed by atoms with Crippen molar-refractivity contribution in [3.05, 3.63) is 53.4 Å². The van der Waals surface area contributed by atoms with Gasteiger partial charge in [-0.05, 0) is 38.0 Å². The second-order valence-corrected chi connectivity index (χ2v) is 9.37. The average molecular weight is 529 g/mol. The summed E-state index contributed by atoms with van der Waals surface area (Å²) in [4.78, 5) is 28.6. The molecule has 200 valence electrons. The van der Waals surface area contributed by atoms with Crippen LogP contribution in [0.1, 0.15) is 43.9 Å². The first-order valence-corrected chi connectivity index (χ1v) is 11.3. The Bertz CT molecular complexity index is 1240. The quantitative estimate of drug-likeness (QED) is 0.468. The normalized spacial score (nSPS) is 26.4. The highest BCUT2D eigenvalue weighted by atomic mass is 19.4. The maximum atomic E-state index is 14.5. The first-order valence-electron chi connectivity index (χ1n) is 11.3. The molecular weight excluding hydrogens is 505 g/mol. The minimum atomic E-state index is -4.89. The van der Waals surface area contributed by atoms with Gasteiger partial charge in [0.25, 0.3) is 5.91 Å². The Morgan fingerprint density at radius 3 is 2.46 bits per heavy atom. The molecule has 0 bridgehead atoms. The van der Waals surface area contributed by atoms with E-state index in [1.807, 2.05) is 0 Å². The average Bonchev–Trinajstić information content (AvgIpc) is 3.54. The molecule has 1 saturated carbocycles. The third-order valence-electron chi connectivity index (χ3n) is 7.18. The van der Waals surface area contributed by atoms with E-state index in [-0.39, 0.29) is 11.3 Å². The van der Waals surface area contributed by atoms with Crippen LogP contribution in [0.15, 0.2) is 30.5 Å². The topological polar surface area (TPSA) is 110 Å². The zero-order valence-corrected chi connectivity index (χ0v) is 20.0. The number of amides is 2. The Hall–Kier alpha value is -3.48. The van der Waals surface area contributed by atoms with Gasteiger partial charge < -0.3 is 25.2 Å². The predicted octanol–water partition coefficient (Wildman–Crippen LogP) is 4.70. The number of aromatic nitrogens is 1. The summed E-state index contributed by atoms with van der Waals surface area (Å²) in [6.07, 6.45) is -5.62. The summed E-state index contributed by atoms with van der Waals surface area (Å²) >= 11 is 0. The number of nitrogens with zero attached hydrogens (tertiary/aromatic N) is 1. The first-order chi connectivity index (χ1) is 17.2. The minimum absolute atomic E-state index is 0.140. The Labute approximate surface area is 208 Å². The lowest BCUT2D eigenvalue weighted by atomic mass is 9.77. The van der Waals surface area contributed by atoms with Crippen LogP contribution < -0.4 is 15.4 Å². The standard InChI is InChI=1S/C24H24F5N3O5/c1-11-16(13-4-5-14(25)17(26)18(13)36-3)19(37-22(11,2)24(27,28)29)20(33)31-12-6-9-30-15(10-12)23(7-8-23)32-21(34)35/h4-6,9-11,16,19,32H,7-8H2,1-3H3,(H,34,35)(H,30,31,33)/t11-,16-,19+,22+/m0/s1. The molecular formula is C24H24F5N3O5. The highest BCUT2D eigenvalue weighted by Gasteiger charge is 2.66. The Morgan fingerprint density at radius 2 is 1.89 bits per heavy atom. The van der Waals surface area contributed by atoms with Gasteiger partial charge in [-0.2, -0.15) is 17.6 Å². The number of nitrogens with one attached hydrogen (secondary N) is 2. The van der Waals surface area contributed by atoms with Crippen LogP contribution in [0.5, 0.6) is 5.75 Å². The van der Waals surface area contributed by atoms with Crippen LogP contribution in [0.4, 0.5) is 32.4 Å². The molecule has 2 aliphatic rings. The van der Waals surface area contributed by atoms with Crippen LogP contribution >= 0.6 is 0 Å². The van der Waals surface area contributed by atoms with E-state index in [0.29, 0.717) is 18.5 Å². The van der Waals surface area contributed by atoms with E-state index in [4.69, 9.17) is 14.6 Å². The molecule has 4 atom stereocenters. The van der Waals surface area contributed by atoms with Gasteiger partial charge in [0.1, 0.15) is 6.10 Å². The number of ether oxygens (including phenoxy) is 2. The van der Waals surface area contributed by atoms with E-state index in [2.05, 4.69) is 15.6 Å². The molecule has 4 rings (SSSR count). The largest absolute Gasteiger partial charge is 0.493 e. The predicted molar refractivity (Wildman–Crippen MR) is 119 cm³/mol. The van der Waals surface area contributed by atoms with Crippen molar-refractivity contribution in [3.8, 4) is 5.75 Å². The second-order valence-electron chi connectivity index (χ2n) is 9.37. The van der Waals surface area contributed by atoms with E-state index in [1.54, 1.807) is 0 Å². The number of halogens is 5. The molecule has 1 aromatic carbocycles. The molecule has 37 heavy (non-hydrogen) atoms. The summed E-state index contributed by atoms with van der Waals surface area (Å²) in [6.45, 7) is 2.01. The lowest BCUT2D eigenvalue weighted by molar-refractivity contribution is -0.272. The zero-order valence-electron chi connectivity index (χ0n) is 20.0. The highest BCUT2D eigenvalue weighted by molar-refractivity contribution is 5.95. The van der Waals surface area contributed by atoms with Crippen LogP contribution in [0.2, 0.25) is 0 Å². The number of rotatable bonds is 6. The number of hydrogen-bond acceptors (Lipinski definition) is 5. The van der Waals surface area contributed by atoms with Crippen molar-refractivity contribution in [2.24, 2.45) is 5.92 Å². The Kier molecular flexibility index (Phi) is 6.55. The number of carboxylic acid groups (broad SMARTS) is 1. The van der Waals surface area contributed by atoms with Gasteiger partial charge in [0, 0.05) is 29.3 Å². The van der Waals surface area contributed by atoms with Crippen molar-refractivity contribution < 1.29 is 46.1 Å². The molecule has 3 N–H and O–H groups in total. The minimum Gasteiger partial charge on any atom is -0.493 e. The number of anilines is 1. The molecule has 0 spiro atoms. The number of hydrogen-bond donors (Lipinski definition) is 3. The van der Waals surface area contributed by atoms with Gasteiger partial charge in [-0.25, -0.2) is 9.18 Å². The van der Waals surface area contributed by atoms with Crippen molar-refractivity contribution >= 4 is 17.7 Å². The third-order valence-corrected chi connectivity index (χ3v) is 7.18. The molecule has 2 aromatic rings. The number of alkyl halides is 3. The van der Waals surface area contributed by atoms with Crippen molar-refractivity contribution in [1.29, 1.82) is 0 Å². The zero-order chi connectivity index (χ0) is 27.3. The van der Waals surface area contributed by atoms with Crippen LogP contribution in [0.3, 0.4) is 0 Å². The first kappa shape index (κ1) is 26.6. The summed E-state index contributed by atoms with van der Waals surface area (Å²) in [5.41, 5.74) is -3.39. The Morgan fingerprint density at radius 1 is 1.22 bits per heavy atom. The van der Waals surface area contributed by atoms with Gasteiger partial charge >= 0.3 is 12.3 Å². The number of carbonyl (C=O) groups excluding carboxylic acids is 1. The number of pyridine rings is 1. The smallest absolute Gasteiger partial charge is 0.417 e. The second kappa shape index (κ2) is 9.12. The number of benzene rings is 1. The van der Waals surface area contributed by atoms with Gasteiger partial charge in [0.2, 0.25) is 5.82 Å². The van der Waals surface area contributed by atoms with Gasteiger partial charge in [-0.1, -0.05) is 13.0 Å². The third kappa shape index (κ3) is 4.56. The molecule has 2 fully saturated rings. The molecule has 1 aliphatic heterocycles. The van der Waals surface area contributed by atoms with E-state index in [0.717, 1.165) is 26.2 Å². The maximum Gasteiger partial charge on any atom is 0.417 e. The summed E-state index contributed by atoms with van der Waals surface area (Å²) in [5.74, 6) is -7.01. The fourth-order valence-corrected chi connectivity index (χ4v) is 4.80. The molecule has 1 saturated heterocycles. The van der Waals surface area contributed by atoms with Crippen molar-refractivity contribution in [3.63, 3.8) is 0 Å². The van der Waals surface area contributed by atoms with Crippen molar-refractivity contribution in [2.75, 3.05) is 12.4 Å². The van der Waals surface area contributed by atoms with Gasteiger partial charge in [0.15, 0.2) is 17.2 Å². The van der Waals surface area contributed by atoms with Crippen molar-refractivity contribution in [2.45, 2.75) is 56.0 Å². The van der Waals surface area contributed by atoms with Gasteiger partial charge in [-0.3, -0.25) is 9.78 Å². The van der Waals surface area contributed by atoms with Gasteiger partial charge in [-0.15, -0.1) is 0 Å². The van der Waals surface area contributed by atoms with Crippen LogP contribution in [0, 0.1) is 17.6 Å². The summed E-state index contributed by atoms with van der Waals surface area (Å²) in [7, 11) is 1.04. The van der Waals surface area contributed by atoms with E-state index >= 15 is 0 Å². The number of methoxy groups -OCH3 is 1. The molecule has 13 heteroatoms. The van der Waals surface area contributed by atoms with Crippen LogP contribution in [0.25, 0.3) is 0 Å². The van der Waals surface area contributed by atoms with E-state index in [9.17, 15) is 31.5 Å². The van der Waals surface area contributed by atoms with Crippen molar-refractivity contribution in [1.82, 2.24) is 10.3 Å². The molecule has 0 unspecified atom stereocenters. The fourth-order valence-electron chi connectivity index (χ4n) is 4.80. The molecule has 2 heterocycles. The SMILES string of the molecule is COc1c([C@H]2[C@H](C(=O)Nc3ccnc(C4(NC(=O)O)CC4)c3)O[C@@](C)(C(F)(F)F)[C@H]2C)ccc(F)c1F. The molecule has 0 radical (unpaired) electrons. The summed E-state index contributed by atoms with van der Waals surface area (Å²) in [5, 5.41) is 14.0. The lowest BCUT2D eigenvalue weighted by Crippen LogP contribution is -2.47. The lowest BCUT2D eigenvalue weighted by Gasteiger charge is -2.32. The van der Waals surface area contributed by atoms with Crippen LogP contribution in [-0.2, 0) is 15.1 Å². The summed E-state index contributed by atoms with van der Waals surface area (Å²) in [6, 6.07) is 4.61. The monoisotopic (exact) mass is 529 g/mol. The van der Waals surface area contributed by atoms with E-state index in [1.165, 1.54) is 25.3 Å². The maximum absolute atomic E-state index is 14.5. The molecule has 2 amide bonds. The fraction of sp³-hybridized carbons (Fsp3) is 0.458. The van der Waals surface area contributed by atoms with Gasteiger partial charge in [0.05, 0.1) is 18.3 Å². The Balaban J connectivity index is 1.70. The molecule has 1 aromatic heterocycles. The molecule has 8 nitrogen and oxygen atoms in total.